The van der Waals surface area contributed by atoms with Gasteiger partial charge in [-0.2, -0.15) is 0 Å². The summed E-state index contributed by atoms with van der Waals surface area (Å²) in [5, 5.41) is 3.34. The lowest BCUT2D eigenvalue weighted by molar-refractivity contribution is -0.118. The zero-order chi connectivity index (χ0) is 14.1. The molecular formula is C12H25N3O3S. The third-order valence-corrected chi connectivity index (χ3v) is 4.74. The molecule has 0 aliphatic carbocycles. The average Bonchev–Trinajstić information content (AvgIpc) is 2.37. The molecular weight excluding hydrogens is 266 g/mol. The van der Waals surface area contributed by atoms with Crippen molar-refractivity contribution < 1.29 is 13.2 Å². The van der Waals surface area contributed by atoms with Gasteiger partial charge in [-0.25, -0.2) is 13.1 Å². The number of amides is 1. The van der Waals surface area contributed by atoms with E-state index in [1.807, 2.05) is 0 Å². The maximum Gasteiger partial charge on any atom is 0.217 e. The molecule has 0 bridgehead atoms. The Labute approximate surface area is 115 Å². The van der Waals surface area contributed by atoms with Crippen molar-refractivity contribution in [3.63, 3.8) is 0 Å². The number of unbranched alkanes of at least 4 members (excludes halogenated alkanes) is 1. The minimum Gasteiger partial charge on any atom is -0.370 e. The molecule has 0 spiro atoms. The standard InChI is InChI=1S/C12H25N3O3S/c13-12(16)6-2-4-9-15-19(17,18)10-7-11-5-1-3-8-14-11/h11,14-15H,1-10H2,(H2,13,16). The van der Waals surface area contributed by atoms with Crippen molar-refractivity contribution >= 4 is 15.9 Å². The molecule has 0 radical (unpaired) electrons. The SMILES string of the molecule is NC(=O)CCCCNS(=O)(=O)CCC1CCCCN1. The topological polar surface area (TPSA) is 101 Å². The van der Waals surface area contributed by atoms with Crippen molar-refractivity contribution in [2.45, 2.75) is 51.0 Å². The summed E-state index contributed by atoms with van der Waals surface area (Å²) in [6.07, 6.45) is 5.67. The molecule has 0 aromatic heterocycles. The Hall–Kier alpha value is -0.660. The lowest BCUT2D eigenvalue weighted by Gasteiger charge is -2.23. The Morgan fingerprint density at radius 3 is 2.74 bits per heavy atom. The lowest BCUT2D eigenvalue weighted by Crippen LogP contribution is -2.37. The summed E-state index contributed by atoms with van der Waals surface area (Å²) >= 11 is 0. The summed E-state index contributed by atoms with van der Waals surface area (Å²) < 4.78 is 26.0. The normalized spacial score (nSPS) is 20.3. The number of carbonyl (C=O) groups excluding carboxylic acids is 1. The summed E-state index contributed by atoms with van der Waals surface area (Å²) in [4.78, 5) is 10.5. The van der Waals surface area contributed by atoms with E-state index in [2.05, 4.69) is 10.0 Å². The van der Waals surface area contributed by atoms with Crippen LogP contribution in [0.25, 0.3) is 0 Å². The van der Waals surface area contributed by atoms with Crippen LogP contribution in [0.5, 0.6) is 0 Å². The molecule has 1 heterocycles. The van der Waals surface area contributed by atoms with Crippen LogP contribution in [-0.4, -0.2) is 39.2 Å². The van der Waals surface area contributed by atoms with Crippen LogP contribution in [0.15, 0.2) is 0 Å². The summed E-state index contributed by atoms with van der Waals surface area (Å²) in [7, 11) is -3.19. The number of hydrogen-bond donors (Lipinski definition) is 3. The molecule has 7 heteroatoms. The Morgan fingerprint density at radius 2 is 2.11 bits per heavy atom. The summed E-state index contributed by atoms with van der Waals surface area (Å²) in [5.41, 5.74) is 5.01. The summed E-state index contributed by atoms with van der Waals surface area (Å²) in [6, 6.07) is 0.334. The van der Waals surface area contributed by atoms with Crippen LogP contribution < -0.4 is 15.8 Å². The first-order valence-corrected chi connectivity index (χ1v) is 8.64. The number of sulfonamides is 1. The van der Waals surface area contributed by atoms with Crippen LogP contribution in [0.2, 0.25) is 0 Å². The lowest BCUT2D eigenvalue weighted by atomic mass is 10.0. The number of rotatable bonds is 9. The van der Waals surface area contributed by atoms with E-state index in [4.69, 9.17) is 5.73 Å². The first-order valence-electron chi connectivity index (χ1n) is 6.98. The van der Waals surface area contributed by atoms with Gasteiger partial charge in [-0.05, 0) is 38.6 Å². The van der Waals surface area contributed by atoms with E-state index in [0.29, 0.717) is 38.3 Å². The van der Waals surface area contributed by atoms with Crippen LogP contribution in [0.1, 0.15) is 44.9 Å². The van der Waals surface area contributed by atoms with Gasteiger partial charge in [0.1, 0.15) is 0 Å². The molecule has 0 aromatic rings. The predicted molar refractivity (Wildman–Crippen MR) is 75.1 cm³/mol. The fourth-order valence-corrected chi connectivity index (χ4v) is 3.39. The number of nitrogens with two attached hydrogens (primary N) is 1. The largest absolute Gasteiger partial charge is 0.370 e. The smallest absolute Gasteiger partial charge is 0.217 e. The van der Waals surface area contributed by atoms with Gasteiger partial charge >= 0.3 is 0 Å². The number of nitrogens with one attached hydrogen (secondary N) is 2. The maximum atomic E-state index is 11.7. The monoisotopic (exact) mass is 291 g/mol. The van der Waals surface area contributed by atoms with Gasteiger partial charge in [0.15, 0.2) is 0 Å². The first kappa shape index (κ1) is 16.4. The second-order valence-corrected chi connectivity index (χ2v) is 7.00. The summed E-state index contributed by atoms with van der Waals surface area (Å²) in [6.45, 7) is 1.37. The molecule has 6 nitrogen and oxygen atoms in total. The van der Waals surface area contributed by atoms with Crippen LogP contribution >= 0.6 is 0 Å². The molecule has 1 aliphatic heterocycles. The molecule has 19 heavy (non-hydrogen) atoms. The van der Waals surface area contributed by atoms with Crippen LogP contribution in [0, 0.1) is 0 Å². The van der Waals surface area contributed by atoms with E-state index in [1.54, 1.807) is 0 Å². The molecule has 1 rings (SSSR count). The van der Waals surface area contributed by atoms with E-state index in [-0.39, 0.29) is 11.7 Å². The van der Waals surface area contributed by atoms with Gasteiger partial charge < -0.3 is 11.1 Å². The molecule has 1 aliphatic rings. The van der Waals surface area contributed by atoms with E-state index in [9.17, 15) is 13.2 Å². The van der Waals surface area contributed by atoms with Crippen molar-refractivity contribution in [2.24, 2.45) is 5.73 Å². The highest BCUT2D eigenvalue weighted by Gasteiger charge is 2.16. The van der Waals surface area contributed by atoms with Crippen LogP contribution in [-0.2, 0) is 14.8 Å². The van der Waals surface area contributed by atoms with Crippen LogP contribution in [0.4, 0.5) is 0 Å². The van der Waals surface area contributed by atoms with Crippen molar-refractivity contribution in [1.29, 1.82) is 0 Å². The molecule has 1 atom stereocenters. The van der Waals surface area contributed by atoms with Crippen molar-refractivity contribution in [2.75, 3.05) is 18.8 Å². The van der Waals surface area contributed by atoms with Gasteiger partial charge in [0.25, 0.3) is 0 Å². The van der Waals surface area contributed by atoms with Gasteiger partial charge in [0.2, 0.25) is 15.9 Å². The highest BCUT2D eigenvalue weighted by Crippen LogP contribution is 2.10. The average molecular weight is 291 g/mol. The molecule has 1 fully saturated rings. The Bertz CT molecular complexity index is 364. The van der Waals surface area contributed by atoms with Crippen molar-refractivity contribution in [3.05, 3.63) is 0 Å². The van der Waals surface area contributed by atoms with E-state index < -0.39 is 10.0 Å². The van der Waals surface area contributed by atoms with Crippen molar-refractivity contribution in [3.8, 4) is 0 Å². The molecule has 112 valence electrons. The number of carbonyl (C=O) groups is 1. The highest BCUT2D eigenvalue weighted by atomic mass is 32.2. The minimum atomic E-state index is -3.19. The van der Waals surface area contributed by atoms with E-state index in [1.165, 1.54) is 12.8 Å². The third kappa shape index (κ3) is 8.18. The van der Waals surface area contributed by atoms with Gasteiger partial charge in [-0.3, -0.25) is 4.79 Å². The molecule has 1 amide bonds. The fraction of sp³-hybridized carbons (Fsp3) is 0.917. The van der Waals surface area contributed by atoms with Gasteiger partial charge in [-0.1, -0.05) is 6.42 Å². The van der Waals surface area contributed by atoms with Gasteiger partial charge in [-0.15, -0.1) is 0 Å². The Kier molecular flexibility index (Phi) is 7.33. The van der Waals surface area contributed by atoms with Gasteiger partial charge in [0, 0.05) is 19.0 Å². The van der Waals surface area contributed by atoms with Gasteiger partial charge in [0.05, 0.1) is 5.75 Å². The first-order chi connectivity index (χ1) is 8.99. The molecule has 0 saturated carbocycles. The molecule has 1 saturated heterocycles. The van der Waals surface area contributed by atoms with E-state index >= 15 is 0 Å². The number of piperidine rings is 1. The van der Waals surface area contributed by atoms with Crippen LogP contribution in [0.3, 0.4) is 0 Å². The Balaban J connectivity index is 2.11. The summed E-state index contributed by atoms with van der Waals surface area (Å²) in [5.74, 6) is -0.174. The zero-order valence-electron chi connectivity index (χ0n) is 11.4. The second-order valence-electron chi connectivity index (χ2n) is 5.07. The zero-order valence-corrected chi connectivity index (χ0v) is 12.2. The minimum absolute atomic E-state index is 0.167. The predicted octanol–water partition coefficient (Wildman–Crippen LogP) is 0.0936. The molecule has 4 N–H and O–H groups in total. The van der Waals surface area contributed by atoms with Crippen molar-refractivity contribution in [1.82, 2.24) is 10.0 Å². The highest BCUT2D eigenvalue weighted by molar-refractivity contribution is 7.89. The molecule has 1 unspecified atom stereocenters. The quantitative estimate of drug-likeness (QED) is 0.524. The Morgan fingerprint density at radius 1 is 1.32 bits per heavy atom. The second kappa shape index (κ2) is 8.50. The third-order valence-electron chi connectivity index (χ3n) is 3.32. The number of primary amides is 1. The maximum absolute atomic E-state index is 11.7. The number of hydrogen-bond acceptors (Lipinski definition) is 4. The fourth-order valence-electron chi connectivity index (χ4n) is 2.19. The molecule has 0 aromatic carbocycles. The van der Waals surface area contributed by atoms with E-state index in [0.717, 1.165) is 13.0 Å².